The molecule has 2 aromatic rings. The number of amides is 2. The van der Waals surface area contributed by atoms with E-state index < -0.39 is 11.9 Å². The minimum Gasteiger partial charge on any atom is -0.481 e. The normalized spacial score (nSPS) is 11.0. The van der Waals surface area contributed by atoms with Crippen LogP contribution in [-0.2, 0) is 9.59 Å². The molecule has 0 saturated heterocycles. The van der Waals surface area contributed by atoms with Gasteiger partial charge in [-0.1, -0.05) is 52.7 Å². The van der Waals surface area contributed by atoms with Crippen LogP contribution in [0, 0.1) is 0 Å². The molecule has 0 bridgehead atoms. The van der Waals surface area contributed by atoms with Crippen molar-refractivity contribution in [3.8, 4) is 0 Å². The highest BCUT2D eigenvalue weighted by Gasteiger charge is 2.14. The average molecular weight is 459 g/mol. The number of benzene rings is 2. The Balaban J connectivity index is 2.02. The Morgan fingerprint density at radius 3 is 2.28 bits per heavy atom. The highest BCUT2D eigenvalue weighted by Crippen LogP contribution is 2.12. The molecular formula is C22H23BrN2O4. The SMILES string of the molecule is O=C(O)CCCCCNC(=O)/C(=C/c1ccccc1)NC(=O)c1ccc(Br)cc1. The number of rotatable bonds is 10. The maximum atomic E-state index is 12.6. The first-order valence-corrected chi connectivity index (χ1v) is 10.1. The van der Waals surface area contributed by atoms with E-state index in [1.54, 1.807) is 30.3 Å². The lowest BCUT2D eigenvalue weighted by atomic mass is 10.1. The van der Waals surface area contributed by atoms with Gasteiger partial charge in [0.25, 0.3) is 11.8 Å². The lowest BCUT2D eigenvalue weighted by Gasteiger charge is -2.11. The molecule has 0 saturated carbocycles. The van der Waals surface area contributed by atoms with Crippen molar-refractivity contribution in [2.24, 2.45) is 0 Å². The van der Waals surface area contributed by atoms with Crippen LogP contribution in [0.15, 0.2) is 64.8 Å². The van der Waals surface area contributed by atoms with Crippen molar-refractivity contribution in [1.29, 1.82) is 0 Å². The molecule has 2 rings (SSSR count). The number of unbranched alkanes of at least 4 members (excludes halogenated alkanes) is 2. The number of carboxylic acid groups (broad SMARTS) is 1. The van der Waals surface area contributed by atoms with Crippen LogP contribution in [0.25, 0.3) is 6.08 Å². The zero-order valence-corrected chi connectivity index (χ0v) is 17.4. The van der Waals surface area contributed by atoms with Crippen molar-refractivity contribution in [3.63, 3.8) is 0 Å². The first-order valence-electron chi connectivity index (χ1n) is 9.29. The Kier molecular flexibility index (Phi) is 9.11. The molecule has 2 aromatic carbocycles. The topological polar surface area (TPSA) is 95.5 Å². The molecule has 3 N–H and O–H groups in total. The van der Waals surface area contributed by atoms with Crippen molar-refractivity contribution in [1.82, 2.24) is 10.6 Å². The van der Waals surface area contributed by atoms with E-state index in [4.69, 9.17) is 5.11 Å². The summed E-state index contributed by atoms with van der Waals surface area (Å²) in [5.74, 6) is -1.59. The summed E-state index contributed by atoms with van der Waals surface area (Å²) in [5, 5.41) is 14.1. The zero-order valence-electron chi connectivity index (χ0n) is 15.9. The van der Waals surface area contributed by atoms with Gasteiger partial charge in [-0.25, -0.2) is 0 Å². The molecule has 0 atom stereocenters. The van der Waals surface area contributed by atoms with Crippen molar-refractivity contribution in [3.05, 3.63) is 75.9 Å². The Bertz CT molecular complexity index is 864. The number of halogens is 1. The molecule has 7 heteroatoms. The van der Waals surface area contributed by atoms with E-state index in [9.17, 15) is 14.4 Å². The number of carbonyl (C=O) groups is 3. The van der Waals surface area contributed by atoms with E-state index >= 15 is 0 Å². The quantitative estimate of drug-likeness (QED) is 0.370. The number of nitrogens with one attached hydrogen (secondary N) is 2. The van der Waals surface area contributed by atoms with Crippen LogP contribution >= 0.6 is 15.9 Å². The summed E-state index contributed by atoms with van der Waals surface area (Å²) in [5.41, 5.74) is 1.37. The largest absolute Gasteiger partial charge is 0.481 e. The Morgan fingerprint density at radius 1 is 0.931 bits per heavy atom. The molecule has 0 fully saturated rings. The fourth-order valence-electron chi connectivity index (χ4n) is 2.55. The van der Waals surface area contributed by atoms with Crippen LogP contribution in [0.4, 0.5) is 0 Å². The smallest absolute Gasteiger partial charge is 0.303 e. The molecule has 0 spiro atoms. The molecule has 0 aliphatic rings. The fraction of sp³-hybridized carbons (Fsp3) is 0.227. The van der Waals surface area contributed by atoms with Gasteiger partial charge in [0, 0.05) is 23.0 Å². The zero-order chi connectivity index (χ0) is 21.1. The minimum absolute atomic E-state index is 0.121. The first-order chi connectivity index (χ1) is 14.0. The maximum absolute atomic E-state index is 12.6. The minimum atomic E-state index is -0.822. The van der Waals surface area contributed by atoms with Crippen molar-refractivity contribution in [2.75, 3.05) is 6.54 Å². The van der Waals surface area contributed by atoms with Gasteiger partial charge in [-0.2, -0.15) is 0 Å². The first kappa shape index (κ1) is 22.4. The second kappa shape index (κ2) is 11.8. The molecule has 0 heterocycles. The maximum Gasteiger partial charge on any atom is 0.303 e. The summed E-state index contributed by atoms with van der Waals surface area (Å²) in [4.78, 5) is 35.7. The molecule has 2 amide bonds. The summed E-state index contributed by atoms with van der Waals surface area (Å²) in [6, 6.07) is 16.1. The number of hydrogen-bond donors (Lipinski definition) is 3. The van der Waals surface area contributed by atoms with Gasteiger partial charge < -0.3 is 15.7 Å². The van der Waals surface area contributed by atoms with Crippen LogP contribution < -0.4 is 10.6 Å². The monoisotopic (exact) mass is 458 g/mol. The van der Waals surface area contributed by atoms with Gasteiger partial charge in [0.1, 0.15) is 5.70 Å². The number of carboxylic acids is 1. The van der Waals surface area contributed by atoms with Crippen LogP contribution in [0.5, 0.6) is 0 Å². The predicted molar refractivity (Wildman–Crippen MR) is 115 cm³/mol. The van der Waals surface area contributed by atoms with E-state index in [0.29, 0.717) is 31.4 Å². The van der Waals surface area contributed by atoms with Crippen LogP contribution in [0.3, 0.4) is 0 Å². The predicted octanol–water partition coefficient (Wildman–Crippen LogP) is 3.98. The number of aliphatic carboxylic acids is 1. The fourth-order valence-corrected chi connectivity index (χ4v) is 2.81. The second-order valence-electron chi connectivity index (χ2n) is 6.39. The van der Waals surface area contributed by atoms with E-state index in [-0.39, 0.29) is 18.0 Å². The van der Waals surface area contributed by atoms with Gasteiger partial charge >= 0.3 is 5.97 Å². The van der Waals surface area contributed by atoms with Gasteiger partial charge in [-0.05, 0) is 48.7 Å². The van der Waals surface area contributed by atoms with Crippen molar-refractivity contribution >= 4 is 39.8 Å². The van der Waals surface area contributed by atoms with Crippen LogP contribution in [-0.4, -0.2) is 29.4 Å². The van der Waals surface area contributed by atoms with Gasteiger partial charge in [-0.15, -0.1) is 0 Å². The lowest BCUT2D eigenvalue weighted by Crippen LogP contribution is -2.35. The lowest BCUT2D eigenvalue weighted by molar-refractivity contribution is -0.137. The Labute approximate surface area is 178 Å². The summed E-state index contributed by atoms with van der Waals surface area (Å²) in [6.07, 6.45) is 3.68. The second-order valence-corrected chi connectivity index (χ2v) is 7.31. The molecule has 152 valence electrons. The highest BCUT2D eigenvalue weighted by atomic mass is 79.9. The third kappa shape index (κ3) is 8.31. The third-order valence-electron chi connectivity index (χ3n) is 4.06. The van der Waals surface area contributed by atoms with E-state index in [1.165, 1.54) is 0 Å². The summed E-state index contributed by atoms with van der Waals surface area (Å²) >= 11 is 3.33. The Hall–Kier alpha value is -2.93. The number of carbonyl (C=O) groups excluding carboxylic acids is 2. The molecule has 0 aliphatic heterocycles. The summed E-state index contributed by atoms with van der Waals surface area (Å²) in [6.45, 7) is 0.402. The standard InChI is InChI=1S/C22H23BrN2O4/c23-18-12-10-17(11-13-18)21(28)25-19(15-16-7-3-1-4-8-16)22(29)24-14-6-2-5-9-20(26)27/h1,3-4,7-8,10-13,15H,2,5-6,9,14H2,(H,24,29)(H,25,28)(H,26,27)/b19-15-. The van der Waals surface area contributed by atoms with Gasteiger partial charge in [-0.3, -0.25) is 14.4 Å². The van der Waals surface area contributed by atoms with Gasteiger partial charge in [0.15, 0.2) is 0 Å². The molecule has 0 aromatic heterocycles. The summed E-state index contributed by atoms with van der Waals surface area (Å²) < 4.78 is 0.856. The van der Waals surface area contributed by atoms with E-state index in [0.717, 1.165) is 10.0 Å². The summed E-state index contributed by atoms with van der Waals surface area (Å²) in [7, 11) is 0. The highest BCUT2D eigenvalue weighted by molar-refractivity contribution is 9.10. The van der Waals surface area contributed by atoms with Crippen LogP contribution in [0.2, 0.25) is 0 Å². The van der Waals surface area contributed by atoms with Gasteiger partial charge in [0.2, 0.25) is 0 Å². The van der Waals surface area contributed by atoms with E-state index in [1.807, 2.05) is 30.3 Å². The molecule has 29 heavy (non-hydrogen) atoms. The average Bonchev–Trinajstić information content (AvgIpc) is 2.71. The third-order valence-corrected chi connectivity index (χ3v) is 4.59. The van der Waals surface area contributed by atoms with Crippen LogP contribution in [0.1, 0.15) is 41.6 Å². The molecule has 6 nitrogen and oxygen atoms in total. The van der Waals surface area contributed by atoms with E-state index in [2.05, 4.69) is 26.6 Å². The van der Waals surface area contributed by atoms with Crippen molar-refractivity contribution in [2.45, 2.75) is 25.7 Å². The molecule has 0 aliphatic carbocycles. The molecule has 0 radical (unpaired) electrons. The number of hydrogen-bond acceptors (Lipinski definition) is 3. The van der Waals surface area contributed by atoms with Gasteiger partial charge in [0.05, 0.1) is 0 Å². The van der Waals surface area contributed by atoms with Crippen molar-refractivity contribution < 1.29 is 19.5 Å². The Morgan fingerprint density at radius 2 is 1.62 bits per heavy atom. The molecule has 0 unspecified atom stereocenters. The molecular weight excluding hydrogens is 436 g/mol.